The Labute approximate surface area is 117 Å². The summed E-state index contributed by atoms with van der Waals surface area (Å²) in [6.45, 7) is 4.39. The largest absolute Gasteiger partial charge is 0.315 e. The van der Waals surface area contributed by atoms with Crippen LogP contribution in [0.3, 0.4) is 0 Å². The van der Waals surface area contributed by atoms with E-state index in [-0.39, 0.29) is 12.5 Å². The smallest absolute Gasteiger partial charge is 0.258 e. The molecule has 0 aromatic carbocycles. The van der Waals surface area contributed by atoms with E-state index in [4.69, 9.17) is 0 Å². The summed E-state index contributed by atoms with van der Waals surface area (Å²) in [5, 5.41) is 7.28. The Bertz CT molecular complexity index is 550. The third kappa shape index (κ3) is 2.54. The molecule has 1 aliphatic rings. The standard InChI is InChI=1S/C12H18N2O3S2/c1-12(2)11(15)14(19(12,16)17)7-6-13-5-3-10-4-8-18-9-10/h4,8-9,13H,3,5-7H2,1-2H3. The number of hydrogen-bond donors (Lipinski definition) is 1. The number of thiophene rings is 1. The van der Waals surface area contributed by atoms with Crippen molar-refractivity contribution in [3.05, 3.63) is 22.4 Å². The molecule has 0 atom stereocenters. The molecule has 1 aromatic rings. The van der Waals surface area contributed by atoms with Gasteiger partial charge in [0.25, 0.3) is 15.9 Å². The van der Waals surface area contributed by atoms with Gasteiger partial charge in [-0.25, -0.2) is 12.7 Å². The third-order valence-corrected chi connectivity index (χ3v) is 6.46. The van der Waals surface area contributed by atoms with Crippen LogP contribution in [-0.2, 0) is 21.2 Å². The number of nitrogens with zero attached hydrogens (tertiary/aromatic N) is 1. The average Bonchev–Trinajstić information content (AvgIpc) is 2.85. The predicted molar refractivity (Wildman–Crippen MR) is 75.6 cm³/mol. The van der Waals surface area contributed by atoms with Gasteiger partial charge in [-0.2, -0.15) is 11.3 Å². The zero-order chi connectivity index (χ0) is 14.1. The van der Waals surface area contributed by atoms with Crippen LogP contribution in [0, 0.1) is 0 Å². The van der Waals surface area contributed by atoms with E-state index in [0.717, 1.165) is 17.3 Å². The zero-order valence-electron chi connectivity index (χ0n) is 11.0. The summed E-state index contributed by atoms with van der Waals surface area (Å²) in [6, 6.07) is 2.07. The Morgan fingerprint density at radius 2 is 2.11 bits per heavy atom. The number of hydrogen-bond acceptors (Lipinski definition) is 5. The highest BCUT2D eigenvalue weighted by atomic mass is 32.2. The minimum absolute atomic E-state index is 0.217. The predicted octanol–water partition coefficient (Wildman–Crippen LogP) is 0.831. The Morgan fingerprint density at radius 1 is 1.37 bits per heavy atom. The second kappa shape index (κ2) is 5.22. The summed E-state index contributed by atoms with van der Waals surface area (Å²) >= 11 is 1.66. The first-order chi connectivity index (χ1) is 8.87. The van der Waals surface area contributed by atoms with E-state index in [2.05, 4.69) is 16.8 Å². The van der Waals surface area contributed by atoms with E-state index in [0.29, 0.717) is 6.54 Å². The van der Waals surface area contributed by atoms with Crippen molar-refractivity contribution in [3.8, 4) is 0 Å². The van der Waals surface area contributed by atoms with E-state index in [1.807, 2.05) is 5.38 Å². The lowest BCUT2D eigenvalue weighted by atomic mass is 10.2. The normalized spacial score (nSPS) is 20.3. The van der Waals surface area contributed by atoms with Gasteiger partial charge in [0.15, 0.2) is 4.75 Å². The van der Waals surface area contributed by atoms with Crippen molar-refractivity contribution in [1.82, 2.24) is 9.62 Å². The Hall–Kier alpha value is -0.920. The first-order valence-corrected chi connectivity index (χ1v) is 8.54. The van der Waals surface area contributed by atoms with Crippen LogP contribution in [0.2, 0.25) is 0 Å². The van der Waals surface area contributed by atoms with Crippen LogP contribution in [-0.4, -0.2) is 43.0 Å². The van der Waals surface area contributed by atoms with E-state index in [9.17, 15) is 13.2 Å². The van der Waals surface area contributed by atoms with E-state index in [1.165, 1.54) is 19.4 Å². The molecule has 5 nitrogen and oxygen atoms in total. The fourth-order valence-electron chi connectivity index (χ4n) is 1.95. The molecule has 0 spiro atoms. The molecule has 1 N–H and O–H groups in total. The number of rotatable bonds is 6. The summed E-state index contributed by atoms with van der Waals surface area (Å²) in [5.74, 6) is -0.313. The van der Waals surface area contributed by atoms with Gasteiger partial charge in [-0.15, -0.1) is 0 Å². The summed E-state index contributed by atoms with van der Waals surface area (Å²) in [4.78, 5) is 11.7. The van der Waals surface area contributed by atoms with Crippen molar-refractivity contribution >= 4 is 27.3 Å². The minimum atomic E-state index is -3.43. The molecule has 0 saturated carbocycles. The van der Waals surface area contributed by atoms with Crippen LogP contribution in [0.25, 0.3) is 0 Å². The number of amides is 1. The molecule has 0 unspecified atom stereocenters. The molecule has 7 heteroatoms. The highest BCUT2D eigenvalue weighted by Gasteiger charge is 2.59. The summed E-state index contributed by atoms with van der Waals surface area (Å²) < 4.78 is 23.3. The molecule has 2 heterocycles. The highest BCUT2D eigenvalue weighted by molar-refractivity contribution is 7.94. The Kier molecular flexibility index (Phi) is 3.98. The molecule has 1 amide bonds. The number of carbonyl (C=O) groups is 1. The molecule has 19 heavy (non-hydrogen) atoms. The molecule has 0 bridgehead atoms. The van der Waals surface area contributed by atoms with Crippen molar-refractivity contribution in [2.24, 2.45) is 0 Å². The number of carbonyl (C=O) groups excluding carboxylic acids is 1. The van der Waals surface area contributed by atoms with Gasteiger partial charge in [-0.3, -0.25) is 4.79 Å². The van der Waals surface area contributed by atoms with Gasteiger partial charge in [0.1, 0.15) is 0 Å². The maximum Gasteiger partial charge on any atom is 0.258 e. The van der Waals surface area contributed by atoms with Gasteiger partial charge >= 0.3 is 0 Å². The zero-order valence-corrected chi connectivity index (χ0v) is 12.7. The second-order valence-electron chi connectivity index (χ2n) is 5.02. The quantitative estimate of drug-likeness (QED) is 0.791. The SMILES string of the molecule is CC1(C)C(=O)N(CCNCCc2ccsc2)S1(=O)=O. The summed E-state index contributed by atoms with van der Waals surface area (Å²) in [5.41, 5.74) is 1.27. The van der Waals surface area contributed by atoms with Crippen molar-refractivity contribution in [2.45, 2.75) is 25.0 Å². The van der Waals surface area contributed by atoms with E-state index < -0.39 is 14.8 Å². The maximum atomic E-state index is 11.8. The van der Waals surface area contributed by atoms with Gasteiger partial charge in [0, 0.05) is 13.1 Å². The highest BCUT2D eigenvalue weighted by Crippen LogP contribution is 2.34. The van der Waals surface area contributed by atoms with Crippen molar-refractivity contribution in [1.29, 1.82) is 0 Å². The molecule has 1 aromatic heterocycles. The number of sulfonamides is 1. The molecular weight excluding hydrogens is 284 g/mol. The van der Waals surface area contributed by atoms with Gasteiger partial charge in [0.2, 0.25) is 0 Å². The maximum absolute atomic E-state index is 11.8. The topological polar surface area (TPSA) is 66.5 Å². The monoisotopic (exact) mass is 302 g/mol. The molecule has 1 aliphatic heterocycles. The first-order valence-electron chi connectivity index (χ1n) is 6.16. The lowest BCUT2D eigenvalue weighted by Gasteiger charge is -2.43. The molecule has 2 rings (SSSR count). The van der Waals surface area contributed by atoms with Crippen molar-refractivity contribution in [2.75, 3.05) is 19.6 Å². The first kappa shape index (κ1) is 14.5. The van der Waals surface area contributed by atoms with Gasteiger partial charge in [-0.1, -0.05) is 0 Å². The molecule has 106 valence electrons. The second-order valence-corrected chi connectivity index (χ2v) is 8.22. The molecule has 0 radical (unpaired) electrons. The average molecular weight is 302 g/mol. The molecule has 1 saturated heterocycles. The van der Waals surface area contributed by atoms with Crippen molar-refractivity contribution in [3.63, 3.8) is 0 Å². The van der Waals surface area contributed by atoms with E-state index in [1.54, 1.807) is 11.3 Å². The van der Waals surface area contributed by atoms with Crippen LogP contribution in [0.4, 0.5) is 0 Å². The Balaban J connectivity index is 1.71. The fourth-order valence-corrected chi connectivity index (χ4v) is 4.18. The summed E-state index contributed by atoms with van der Waals surface area (Å²) in [7, 11) is -3.43. The molecular formula is C12H18N2O3S2. The van der Waals surface area contributed by atoms with Crippen LogP contribution < -0.4 is 5.32 Å². The van der Waals surface area contributed by atoms with Crippen LogP contribution in [0.15, 0.2) is 16.8 Å². The molecule has 0 aliphatic carbocycles. The lowest BCUT2D eigenvalue weighted by molar-refractivity contribution is -0.132. The minimum Gasteiger partial charge on any atom is -0.315 e. The molecule has 1 fully saturated rings. The Morgan fingerprint density at radius 3 is 2.68 bits per heavy atom. The number of nitrogens with one attached hydrogen (secondary N) is 1. The fraction of sp³-hybridized carbons (Fsp3) is 0.583. The van der Waals surface area contributed by atoms with E-state index >= 15 is 0 Å². The van der Waals surface area contributed by atoms with Gasteiger partial charge in [-0.05, 0) is 49.2 Å². The summed E-state index contributed by atoms with van der Waals surface area (Å²) in [6.07, 6.45) is 0.912. The third-order valence-electron chi connectivity index (χ3n) is 3.34. The van der Waals surface area contributed by atoms with Crippen LogP contribution in [0.5, 0.6) is 0 Å². The van der Waals surface area contributed by atoms with Crippen LogP contribution >= 0.6 is 11.3 Å². The lowest BCUT2D eigenvalue weighted by Crippen LogP contribution is -2.68. The van der Waals surface area contributed by atoms with Crippen LogP contribution in [0.1, 0.15) is 19.4 Å². The van der Waals surface area contributed by atoms with Crippen molar-refractivity contribution < 1.29 is 13.2 Å². The van der Waals surface area contributed by atoms with Gasteiger partial charge in [0.05, 0.1) is 0 Å². The van der Waals surface area contributed by atoms with Gasteiger partial charge < -0.3 is 5.32 Å².